The van der Waals surface area contributed by atoms with E-state index < -0.39 is 17.8 Å². The number of nitrogens with one attached hydrogen (secondary N) is 1. The van der Waals surface area contributed by atoms with E-state index in [1.54, 1.807) is 19.1 Å². The monoisotopic (exact) mass is 397 g/mol. The van der Waals surface area contributed by atoms with Crippen LogP contribution in [0.25, 0.3) is 11.3 Å². The molecule has 0 aliphatic carbocycles. The minimum absolute atomic E-state index is 0.0249. The summed E-state index contributed by atoms with van der Waals surface area (Å²) in [7, 11) is 0. The maximum absolute atomic E-state index is 13.9. The largest absolute Gasteiger partial charge is 0.478 e. The highest BCUT2D eigenvalue weighted by Crippen LogP contribution is 2.30. The molecule has 0 spiro atoms. The number of ether oxygens (including phenoxy) is 1. The average Bonchev–Trinajstić information content (AvgIpc) is 3.20. The fourth-order valence-electron chi connectivity index (χ4n) is 3.03. The van der Waals surface area contributed by atoms with E-state index >= 15 is 0 Å². The van der Waals surface area contributed by atoms with Gasteiger partial charge in [0.25, 0.3) is 5.91 Å². The number of para-hydroxylation sites is 1. The van der Waals surface area contributed by atoms with Gasteiger partial charge in [-0.15, -0.1) is 0 Å². The lowest BCUT2D eigenvalue weighted by Crippen LogP contribution is -2.33. The molecular weight excluding hydrogens is 373 g/mol. The lowest BCUT2D eigenvalue weighted by Gasteiger charge is -2.17. The molecule has 1 amide bonds. The van der Waals surface area contributed by atoms with Crippen LogP contribution in [0.4, 0.5) is 10.2 Å². The normalized spacial score (nSPS) is 11.9. The molecule has 0 aliphatic heterocycles. The van der Waals surface area contributed by atoms with Gasteiger partial charge in [-0.1, -0.05) is 45.0 Å². The number of aromatic nitrogens is 2. The van der Waals surface area contributed by atoms with E-state index in [9.17, 15) is 9.18 Å². The van der Waals surface area contributed by atoms with Gasteiger partial charge < -0.3 is 10.1 Å². The molecule has 0 bridgehead atoms. The third-order valence-electron chi connectivity index (χ3n) is 4.72. The van der Waals surface area contributed by atoms with Crippen LogP contribution in [0, 0.1) is 5.82 Å². The van der Waals surface area contributed by atoms with E-state index in [2.05, 4.69) is 28.6 Å². The fraction of sp³-hybridized carbons (Fsp3) is 0.318. The molecule has 0 aliphatic rings. The van der Waals surface area contributed by atoms with Crippen LogP contribution in [0.1, 0.15) is 38.3 Å². The summed E-state index contributed by atoms with van der Waals surface area (Å²) in [6.07, 6.45) is 1.14. The van der Waals surface area contributed by atoms with E-state index in [4.69, 9.17) is 9.37 Å². The maximum Gasteiger partial charge on any atom is 0.266 e. The smallest absolute Gasteiger partial charge is 0.266 e. The summed E-state index contributed by atoms with van der Waals surface area (Å²) >= 11 is 0. The Morgan fingerprint density at radius 3 is 2.62 bits per heavy atom. The molecule has 7 heteroatoms. The summed E-state index contributed by atoms with van der Waals surface area (Å²) in [5.74, 6) is -0.727. The van der Waals surface area contributed by atoms with Gasteiger partial charge in [-0.2, -0.15) is 0 Å². The lowest BCUT2D eigenvalue weighted by atomic mass is 9.98. The first-order chi connectivity index (χ1) is 14.1. The van der Waals surface area contributed by atoms with E-state index in [0.717, 1.165) is 29.5 Å². The van der Waals surface area contributed by atoms with Crippen LogP contribution in [0.5, 0.6) is 5.75 Å². The van der Waals surface area contributed by atoms with Crippen LogP contribution >= 0.6 is 0 Å². The summed E-state index contributed by atoms with van der Waals surface area (Å²) in [5, 5.41) is 10.6. The van der Waals surface area contributed by atoms with Crippen molar-refractivity contribution in [2.24, 2.45) is 0 Å². The maximum atomic E-state index is 13.9. The predicted octanol–water partition coefficient (Wildman–Crippen LogP) is 4.80. The molecule has 6 nitrogen and oxygen atoms in total. The molecular formula is C22H24FN3O3. The van der Waals surface area contributed by atoms with E-state index in [1.807, 2.05) is 19.1 Å². The molecule has 3 aromatic rings. The molecule has 152 valence electrons. The van der Waals surface area contributed by atoms with Crippen molar-refractivity contribution in [3.8, 4) is 17.0 Å². The van der Waals surface area contributed by atoms with E-state index in [0.29, 0.717) is 12.1 Å². The van der Waals surface area contributed by atoms with Crippen molar-refractivity contribution in [2.75, 3.05) is 5.32 Å². The minimum atomic E-state index is -0.885. The Balaban J connectivity index is 1.84. The second-order valence-corrected chi connectivity index (χ2v) is 6.59. The zero-order valence-electron chi connectivity index (χ0n) is 16.7. The van der Waals surface area contributed by atoms with Gasteiger partial charge in [0.1, 0.15) is 0 Å². The first-order valence-electron chi connectivity index (χ1n) is 9.74. The Bertz CT molecular complexity index is 987. The van der Waals surface area contributed by atoms with Crippen molar-refractivity contribution in [1.29, 1.82) is 0 Å². The topological polar surface area (TPSA) is 77.3 Å². The van der Waals surface area contributed by atoms with Gasteiger partial charge in [-0.3, -0.25) is 4.79 Å². The van der Waals surface area contributed by atoms with Crippen LogP contribution in [-0.4, -0.2) is 22.3 Å². The first kappa shape index (κ1) is 20.5. The Morgan fingerprint density at radius 2 is 1.93 bits per heavy atom. The van der Waals surface area contributed by atoms with Crippen molar-refractivity contribution in [2.45, 2.75) is 46.1 Å². The van der Waals surface area contributed by atoms with Gasteiger partial charge in [0.2, 0.25) is 5.82 Å². The number of carbonyl (C=O) groups is 1. The zero-order chi connectivity index (χ0) is 20.8. The van der Waals surface area contributed by atoms with Crippen molar-refractivity contribution >= 4 is 11.7 Å². The quantitative estimate of drug-likeness (QED) is 0.591. The summed E-state index contributed by atoms with van der Waals surface area (Å²) in [4.78, 5) is 12.8. The molecule has 0 radical (unpaired) electrons. The first-order valence-corrected chi connectivity index (χ1v) is 9.74. The molecule has 0 fully saturated rings. The van der Waals surface area contributed by atoms with E-state index in [-0.39, 0.29) is 11.6 Å². The number of benzene rings is 2. The molecule has 1 N–H and O–H groups in total. The highest BCUT2D eigenvalue weighted by Gasteiger charge is 2.24. The summed E-state index contributed by atoms with van der Waals surface area (Å²) in [6.45, 7) is 5.90. The van der Waals surface area contributed by atoms with Crippen LogP contribution in [0.3, 0.4) is 0 Å². The number of aryl methyl sites for hydroxylation is 2. The van der Waals surface area contributed by atoms with Crippen LogP contribution in [0.15, 0.2) is 47.1 Å². The molecule has 0 saturated carbocycles. The number of amides is 1. The van der Waals surface area contributed by atoms with Crippen LogP contribution in [0.2, 0.25) is 0 Å². The average molecular weight is 397 g/mol. The van der Waals surface area contributed by atoms with Gasteiger partial charge in [0, 0.05) is 5.56 Å². The third kappa shape index (κ3) is 4.62. The summed E-state index contributed by atoms with van der Waals surface area (Å²) < 4.78 is 24.3. The zero-order valence-corrected chi connectivity index (χ0v) is 16.7. The Hall–Kier alpha value is -3.22. The van der Waals surface area contributed by atoms with Gasteiger partial charge in [-0.25, -0.2) is 9.02 Å². The highest BCUT2D eigenvalue weighted by molar-refractivity contribution is 5.96. The standard InChI is InChI=1S/C22H24FN3O3/c1-4-14-11-12-15(5-2)16(13-14)20-21(26-29-25-20)24-22(27)18(6-3)28-19-10-8-7-9-17(19)23/h7-13,18H,4-6H2,1-3H3,(H,24,26,27). The second-order valence-electron chi connectivity index (χ2n) is 6.59. The molecule has 2 aromatic carbocycles. The molecule has 1 atom stereocenters. The van der Waals surface area contributed by atoms with Gasteiger partial charge >= 0.3 is 0 Å². The van der Waals surface area contributed by atoms with Crippen molar-refractivity contribution < 1.29 is 18.6 Å². The van der Waals surface area contributed by atoms with Crippen LogP contribution < -0.4 is 10.1 Å². The molecule has 1 heterocycles. The number of hydrogen-bond donors (Lipinski definition) is 1. The SMILES string of the molecule is CCc1ccc(CC)c(-c2nonc2NC(=O)C(CC)Oc2ccccc2F)c1. The third-order valence-corrected chi connectivity index (χ3v) is 4.72. The number of anilines is 1. The summed E-state index contributed by atoms with van der Waals surface area (Å²) in [5.41, 5.74) is 3.55. The van der Waals surface area contributed by atoms with Gasteiger partial charge in [0.15, 0.2) is 23.4 Å². The van der Waals surface area contributed by atoms with Crippen LogP contribution in [-0.2, 0) is 17.6 Å². The molecule has 29 heavy (non-hydrogen) atoms. The number of rotatable bonds is 8. The Kier molecular flexibility index (Phi) is 6.59. The highest BCUT2D eigenvalue weighted by atomic mass is 19.1. The molecule has 1 unspecified atom stereocenters. The number of hydrogen-bond acceptors (Lipinski definition) is 5. The minimum Gasteiger partial charge on any atom is -0.478 e. The summed E-state index contributed by atoms with van der Waals surface area (Å²) in [6, 6.07) is 12.1. The second kappa shape index (κ2) is 9.32. The molecule has 3 rings (SSSR count). The van der Waals surface area contributed by atoms with Crippen molar-refractivity contribution in [1.82, 2.24) is 10.3 Å². The van der Waals surface area contributed by atoms with Gasteiger partial charge in [-0.05, 0) is 58.9 Å². The van der Waals surface area contributed by atoms with Crippen molar-refractivity contribution in [3.05, 3.63) is 59.4 Å². The number of carbonyl (C=O) groups excluding carboxylic acids is 1. The molecule has 1 aromatic heterocycles. The molecule has 0 saturated heterocycles. The lowest BCUT2D eigenvalue weighted by molar-refractivity contribution is -0.122. The number of halogens is 1. The predicted molar refractivity (Wildman–Crippen MR) is 108 cm³/mol. The van der Waals surface area contributed by atoms with E-state index in [1.165, 1.54) is 12.1 Å². The Labute approximate surface area is 169 Å². The van der Waals surface area contributed by atoms with Crippen molar-refractivity contribution in [3.63, 3.8) is 0 Å². The number of nitrogens with zero attached hydrogens (tertiary/aromatic N) is 2. The fourth-order valence-corrected chi connectivity index (χ4v) is 3.03. The van der Waals surface area contributed by atoms with Gasteiger partial charge in [0.05, 0.1) is 0 Å². The Morgan fingerprint density at radius 1 is 1.14 bits per heavy atom.